The Balaban J connectivity index is 1.34. The maximum Gasteiger partial charge on any atom is 0.317 e. The minimum absolute atomic E-state index is 0.0228. The van der Waals surface area contributed by atoms with Gasteiger partial charge in [0.1, 0.15) is 5.75 Å². The molecular weight excluding hydrogens is 370 g/mol. The number of para-hydroxylation sites is 1. The summed E-state index contributed by atoms with van der Waals surface area (Å²) in [7, 11) is 0. The predicted octanol–water partition coefficient (Wildman–Crippen LogP) is 2.93. The molecule has 1 amide bonds. The first-order valence-electron chi connectivity index (χ1n) is 10.0. The van der Waals surface area contributed by atoms with Crippen LogP contribution in [-0.2, 0) is 4.79 Å². The highest BCUT2D eigenvalue weighted by Gasteiger charge is 2.38. The topological polar surface area (TPSA) is 91.8 Å². The van der Waals surface area contributed by atoms with Crippen LogP contribution in [0.5, 0.6) is 11.5 Å². The maximum absolute atomic E-state index is 12.7. The average Bonchev–Trinajstić information content (AvgIpc) is 3.48. The number of amides is 1. The van der Waals surface area contributed by atoms with Crippen LogP contribution in [0.25, 0.3) is 0 Å². The van der Waals surface area contributed by atoms with Crippen LogP contribution < -0.4 is 10.1 Å². The Kier molecular flexibility index (Phi) is 5.76. The highest BCUT2D eigenvalue weighted by molar-refractivity contribution is 5.95. The number of carbonyl (C=O) groups excluding carboxylic acids is 1. The zero-order valence-corrected chi connectivity index (χ0v) is 16.2. The molecule has 1 aromatic heterocycles. The summed E-state index contributed by atoms with van der Waals surface area (Å²) in [5, 5.41) is 12.2. The molecule has 2 N–H and O–H groups in total. The summed E-state index contributed by atoms with van der Waals surface area (Å²) >= 11 is 0. The zero-order valence-electron chi connectivity index (χ0n) is 16.2. The third-order valence-electron chi connectivity index (χ3n) is 5.45. The van der Waals surface area contributed by atoms with Crippen LogP contribution in [-0.4, -0.2) is 52.0 Å². The number of hydrogen-bond donors (Lipinski definition) is 2. The second-order valence-corrected chi connectivity index (χ2v) is 7.83. The summed E-state index contributed by atoms with van der Waals surface area (Å²) in [6, 6.07) is 13.0. The van der Waals surface area contributed by atoms with Gasteiger partial charge >= 0.3 is 5.97 Å². The second kappa shape index (κ2) is 8.61. The lowest BCUT2D eigenvalue weighted by Crippen LogP contribution is -2.55. The molecular formula is C22H25N3O4. The highest BCUT2D eigenvalue weighted by atomic mass is 16.5. The van der Waals surface area contributed by atoms with Gasteiger partial charge in [-0.2, -0.15) is 0 Å². The number of nitrogens with zero attached hydrogens (tertiary/aromatic N) is 2. The Bertz CT molecular complexity index is 863. The average molecular weight is 395 g/mol. The van der Waals surface area contributed by atoms with Crippen LogP contribution in [0.15, 0.2) is 48.7 Å². The first-order chi connectivity index (χ1) is 14.1. The van der Waals surface area contributed by atoms with Crippen LogP contribution >= 0.6 is 0 Å². The number of nitrogens with one attached hydrogen (secondary N) is 1. The Morgan fingerprint density at radius 2 is 1.90 bits per heavy atom. The van der Waals surface area contributed by atoms with Crippen LogP contribution in [0.1, 0.15) is 36.2 Å². The Morgan fingerprint density at radius 1 is 1.14 bits per heavy atom. The molecule has 7 heteroatoms. The van der Waals surface area contributed by atoms with Gasteiger partial charge in [-0.1, -0.05) is 18.2 Å². The van der Waals surface area contributed by atoms with Crippen LogP contribution in [0.4, 0.5) is 0 Å². The van der Waals surface area contributed by atoms with Crippen molar-refractivity contribution in [2.24, 2.45) is 5.92 Å². The summed E-state index contributed by atoms with van der Waals surface area (Å²) in [4.78, 5) is 30.1. The molecule has 2 aliphatic rings. The SMILES string of the molecule is O=C(O)CN(CC1CC1)C1CC(NC(=O)c2ncccc2Oc2ccccc2)C1. The molecule has 0 aliphatic heterocycles. The molecule has 0 spiro atoms. The zero-order chi connectivity index (χ0) is 20.2. The molecule has 0 bridgehead atoms. The van der Waals surface area contributed by atoms with Crippen molar-refractivity contribution in [1.82, 2.24) is 15.2 Å². The molecule has 4 rings (SSSR count). The fraction of sp³-hybridized carbons (Fsp3) is 0.409. The number of pyridine rings is 1. The summed E-state index contributed by atoms with van der Waals surface area (Å²) in [5.41, 5.74) is 0.250. The van der Waals surface area contributed by atoms with Gasteiger partial charge in [0.25, 0.3) is 5.91 Å². The normalized spacial score (nSPS) is 20.7. The van der Waals surface area contributed by atoms with E-state index >= 15 is 0 Å². The summed E-state index contributed by atoms with van der Waals surface area (Å²) in [6.45, 7) is 0.907. The molecule has 2 fully saturated rings. The first-order valence-corrected chi connectivity index (χ1v) is 10.0. The van der Waals surface area contributed by atoms with E-state index in [9.17, 15) is 9.59 Å². The van der Waals surface area contributed by atoms with Gasteiger partial charge in [0.2, 0.25) is 0 Å². The number of hydrogen-bond acceptors (Lipinski definition) is 5. The molecule has 29 heavy (non-hydrogen) atoms. The number of rotatable bonds is 9. The lowest BCUT2D eigenvalue weighted by atomic mass is 9.85. The van der Waals surface area contributed by atoms with E-state index in [-0.39, 0.29) is 30.2 Å². The Morgan fingerprint density at radius 3 is 2.59 bits per heavy atom. The van der Waals surface area contributed by atoms with Crippen molar-refractivity contribution >= 4 is 11.9 Å². The van der Waals surface area contributed by atoms with Gasteiger partial charge < -0.3 is 15.2 Å². The summed E-state index contributed by atoms with van der Waals surface area (Å²) < 4.78 is 5.82. The molecule has 0 radical (unpaired) electrons. The van der Waals surface area contributed by atoms with Crippen molar-refractivity contribution in [1.29, 1.82) is 0 Å². The van der Waals surface area contributed by atoms with E-state index in [0.29, 0.717) is 17.4 Å². The smallest absolute Gasteiger partial charge is 0.317 e. The van der Waals surface area contributed by atoms with Crippen molar-refractivity contribution in [3.8, 4) is 11.5 Å². The van der Waals surface area contributed by atoms with E-state index in [4.69, 9.17) is 9.84 Å². The largest absolute Gasteiger partial charge is 0.480 e. The number of benzene rings is 1. The third kappa shape index (κ3) is 5.12. The van der Waals surface area contributed by atoms with Crippen LogP contribution in [0.3, 0.4) is 0 Å². The van der Waals surface area contributed by atoms with Crippen molar-refractivity contribution in [2.45, 2.75) is 37.8 Å². The standard InChI is InChI=1S/C22H25N3O4/c26-20(27)14-25(13-15-8-9-15)17-11-16(12-17)24-22(28)21-19(7-4-10-23-21)29-18-5-2-1-3-6-18/h1-7,10,15-17H,8-9,11-14H2,(H,24,28)(H,26,27). The van der Waals surface area contributed by atoms with E-state index < -0.39 is 5.97 Å². The molecule has 0 unspecified atom stereocenters. The molecule has 2 aromatic rings. The van der Waals surface area contributed by atoms with Crippen molar-refractivity contribution in [3.63, 3.8) is 0 Å². The Labute approximate surface area is 169 Å². The fourth-order valence-corrected chi connectivity index (χ4v) is 3.67. The number of carboxylic acid groups (broad SMARTS) is 1. The van der Waals surface area contributed by atoms with Crippen LogP contribution in [0, 0.1) is 5.92 Å². The molecule has 2 aliphatic carbocycles. The number of ether oxygens (including phenoxy) is 1. The monoisotopic (exact) mass is 395 g/mol. The first kappa shape index (κ1) is 19.4. The van der Waals surface area contributed by atoms with Gasteiger partial charge in [0.05, 0.1) is 6.54 Å². The van der Waals surface area contributed by atoms with E-state index in [1.807, 2.05) is 35.2 Å². The van der Waals surface area contributed by atoms with Gasteiger partial charge in [0, 0.05) is 24.8 Å². The molecule has 7 nitrogen and oxygen atoms in total. The van der Waals surface area contributed by atoms with Gasteiger partial charge in [-0.15, -0.1) is 0 Å². The summed E-state index contributed by atoms with van der Waals surface area (Å²) in [5.74, 6) is 0.617. The minimum Gasteiger partial charge on any atom is -0.480 e. The quantitative estimate of drug-likeness (QED) is 0.678. The van der Waals surface area contributed by atoms with E-state index in [2.05, 4.69) is 10.3 Å². The third-order valence-corrected chi connectivity index (χ3v) is 5.45. The lowest BCUT2D eigenvalue weighted by Gasteiger charge is -2.42. The summed E-state index contributed by atoms with van der Waals surface area (Å²) in [6.07, 6.45) is 5.46. The molecule has 1 heterocycles. The maximum atomic E-state index is 12.7. The predicted molar refractivity (Wildman–Crippen MR) is 107 cm³/mol. The van der Waals surface area contributed by atoms with Crippen molar-refractivity contribution in [2.75, 3.05) is 13.1 Å². The minimum atomic E-state index is -0.797. The van der Waals surface area contributed by atoms with Gasteiger partial charge in [-0.25, -0.2) is 4.98 Å². The van der Waals surface area contributed by atoms with Crippen molar-refractivity contribution in [3.05, 3.63) is 54.4 Å². The number of carbonyl (C=O) groups is 2. The molecule has 1 aromatic carbocycles. The van der Waals surface area contributed by atoms with Crippen molar-refractivity contribution < 1.29 is 19.4 Å². The molecule has 0 atom stereocenters. The van der Waals surface area contributed by atoms with E-state index in [0.717, 1.165) is 19.4 Å². The van der Waals surface area contributed by atoms with E-state index in [1.165, 1.54) is 12.8 Å². The number of carboxylic acids is 1. The Hall–Kier alpha value is -2.93. The van der Waals surface area contributed by atoms with Gasteiger partial charge in [-0.3, -0.25) is 14.5 Å². The highest BCUT2D eigenvalue weighted by Crippen LogP contribution is 2.34. The van der Waals surface area contributed by atoms with Crippen LogP contribution in [0.2, 0.25) is 0 Å². The van der Waals surface area contributed by atoms with Gasteiger partial charge in [-0.05, 0) is 55.9 Å². The number of aliphatic carboxylic acids is 1. The molecule has 152 valence electrons. The van der Waals surface area contributed by atoms with Gasteiger partial charge in [0.15, 0.2) is 11.4 Å². The molecule has 0 saturated heterocycles. The fourth-order valence-electron chi connectivity index (χ4n) is 3.67. The van der Waals surface area contributed by atoms with E-state index in [1.54, 1.807) is 18.3 Å². The lowest BCUT2D eigenvalue weighted by molar-refractivity contribution is -0.139. The second-order valence-electron chi connectivity index (χ2n) is 7.83. The molecule has 2 saturated carbocycles. The number of aromatic nitrogens is 1.